The number of aromatic nitrogens is 4. The highest BCUT2D eigenvalue weighted by Crippen LogP contribution is 2.25. The molecule has 0 spiro atoms. The molecule has 1 atom stereocenters. The number of hydrogen-bond acceptors (Lipinski definition) is 4. The molecule has 0 aliphatic heterocycles. The second-order valence-electron chi connectivity index (χ2n) is 8.27. The summed E-state index contributed by atoms with van der Waals surface area (Å²) in [5.41, 5.74) is 1.45. The number of aryl methyl sites for hydroxylation is 1. The molecule has 1 unspecified atom stereocenters. The summed E-state index contributed by atoms with van der Waals surface area (Å²) in [7, 11) is 0. The molecule has 0 radical (unpaired) electrons. The molecule has 1 N–H and O–H groups in total. The van der Waals surface area contributed by atoms with Crippen molar-refractivity contribution in [3.8, 4) is 18.0 Å². The number of terminal acetylenes is 1. The summed E-state index contributed by atoms with van der Waals surface area (Å²) in [4.78, 5) is 31.2. The first kappa shape index (κ1) is 22.9. The van der Waals surface area contributed by atoms with Crippen LogP contribution in [0.15, 0.2) is 65.7 Å². The number of hydrogen-bond donors (Lipinski definition) is 1. The van der Waals surface area contributed by atoms with Crippen molar-refractivity contribution in [1.82, 2.24) is 24.5 Å². The Hall–Kier alpha value is -4.84. The van der Waals surface area contributed by atoms with Gasteiger partial charge in [-0.25, -0.2) is 18.3 Å². The molecule has 2 aromatic carbocycles. The molecule has 9 heteroatoms. The number of pyridine rings is 1. The molecule has 7 nitrogen and oxygen atoms in total. The lowest BCUT2D eigenvalue weighted by Crippen LogP contribution is -2.32. The van der Waals surface area contributed by atoms with E-state index in [1.165, 1.54) is 15.1 Å². The van der Waals surface area contributed by atoms with Crippen LogP contribution in [0.1, 0.15) is 40.3 Å². The van der Waals surface area contributed by atoms with Gasteiger partial charge in [-0.1, -0.05) is 18.1 Å². The van der Waals surface area contributed by atoms with Crippen LogP contribution in [0.25, 0.3) is 22.1 Å². The first-order valence-electron chi connectivity index (χ1n) is 11.0. The Balaban J connectivity index is 1.68. The zero-order valence-electron chi connectivity index (χ0n) is 19.3. The average Bonchev–Trinajstić information content (AvgIpc) is 3.21. The third-order valence-electron chi connectivity index (χ3n) is 5.98. The molecule has 0 aliphatic carbocycles. The highest BCUT2D eigenvalue weighted by atomic mass is 19.2. The van der Waals surface area contributed by atoms with Crippen LogP contribution in [-0.2, 0) is 0 Å². The van der Waals surface area contributed by atoms with Crippen molar-refractivity contribution in [1.29, 1.82) is 0 Å². The summed E-state index contributed by atoms with van der Waals surface area (Å²) in [6.45, 7) is 3.39. The molecule has 5 aromatic rings. The quantitative estimate of drug-likeness (QED) is 0.391. The van der Waals surface area contributed by atoms with E-state index in [4.69, 9.17) is 6.42 Å². The van der Waals surface area contributed by atoms with Gasteiger partial charge in [-0.3, -0.25) is 14.2 Å². The molecule has 0 saturated heterocycles. The summed E-state index contributed by atoms with van der Waals surface area (Å²) >= 11 is 0. The molecule has 0 saturated carbocycles. The van der Waals surface area contributed by atoms with Crippen LogP contribution < -0.4 is 10.9 Å². The van der Waals surface area contributed by atoms with E-state index in [2.05, 4.69) is 21.3 Å². The maximum Gasteiger partial charge on any atom is 0.264 e. The van der Waals surface area contributed by atoms with Crippen LogP contribution in [0.3, 0.4) is 0 Å². The van der Waals surface area contributed by atoms with Crippen molar-refractivity contribution in [2.45, 2.75) is 19.9 Å². The normalized spacial score (nSPS) is 12.0. The minimum Gasteiger partial charge on any atom is -0.344 e. The number of fused-ring (bicyclic) bond motifs is 2. The number of halogens is 2. The van der Waals surface area contributed by atoms with Crippen LogP contribution in [0.5, 0.6) is 0 Å². The number of carbonyl (C=O) groups excluding carboxylic acids is 1. The van der Waals surface area contributed by atoms with E-state index in [1.807, 2.05) is 0 Å². The molecule has 36 heavy (non-hydrogen) atoms. The first-order valence-corrected chi connectivity index (χ1v) is 11.0. The molecule has 0 aliphatic rings. The fourth-order valence-corrected chi connectivity index (χ4v) is 4.32. The number of amides is 1. The largest absolute Gasteiger partial charge is 0.344 e. The van der Waals surface area contributed by atoms with Gasteiger partial charge in [0.1, 0.15) is 5.56 Å². The first-order chi connectivity index (χ1) is 17.3. The van der Waals surface area contributed by atoms with Gasteiger partial charge in [-0.05, 0) is 49.6 Å². The molecule has 3 aromatic heterocycles. The number of nitrogens with zero attached hydrogens (tertiary/aromatic N) is 4. The molecule has 5 rings (SSSR count). The minimum atomic E-state index is -1.11. The van der Waals surface area contributed by atoms with Gasteiger partial charge in [0.15, 0.2) is 17.3 Å². The third-order valence-corrected chi connectivity index (χ3v) is 5.98. The average molecular weight is 483 g/mol. The van der Waals surface area contributed by atoms with Crippen LogP contribution in [0.4, 0.5) is 8.78 Å². The van der Waals surface area contributed by atoms with Gasteiger partial charge >= 0.3 is 0 Å². The maximum atomic E-state index is 14.2. The van der Waals surface area contributed by atoms with E-state index in [0.29, 0.717) is 33.5 Å². The van der Waals surface area contributed by atoms with Gasteiger partial charge in [-0.15, -0.1) is 6.42 Å². The van der Waals surface area contributed by atoms with Crippen LogP contribution >= 0.6 is 0 Å². The molecule has 0 bridgehead atoms. The van der Waals surface area contributed by atoms with Gasteiger partial charge < -0.3 is 5.32 Å². The Morgan fingerprint density at radius 3 is 2.69 bits per heavy atom. The van der Waals surface area contributed by atoms with E-state index in [-0.39, 0.29) is 11.1 Å². The van der Waals surface area contributed by atoms with Crippen molar-refractivity contribution in [3.05, 3.63) is 105 Å². The third kappa shape index (κ3) is 3.69. The lowest BCUT2D eigenvalue weighted by Gasteiger charge is -2.21. The highest BCUT2D eigenvalue weighted by molar-refractivity contribution is 6.01. The lowest BCUT2D eigenvalue weighted by molar-refractivity contribution is 0.0939. The van der Waals surface area contributed by atoms with Crippen LogP contribution in [-0.4, -0.2) is 25.1 Å². The van der Waals surface area contributed by atoms with E-state index < -0.39 is 29.1 Å². The Bertz CT molecular complexity index is 1780. The zero-order valence-corrected chi connectivity index (χ0v) is 19.3. The standard InChI is InChI=1S/C27H19F2N5O2/c1-4-17-7-5-8-18-13-22(34(27(36)24(17)18)19-9-10-20(28)21(29)14-19)15(2)31-26(35)23-16(3)32-33-12-6-11-30-25(23)33/h1,5-15H,2-3H3,(H,31,35). The summed E-state index contributed by atoms with van der Waals surface area (Å²) in [6, 6.07) is 10.9. The Morgan fingerprint density at radius 2 is 1.94 bits per heavy atom. The molecule has 178 valence electrons. The molecule has 1 amide bonds. The number of benzene rings is 2. The van der Waals surface area contributed by atoms with Crippen molar-refractivity contribution >= 4 is 22.3 Å². The fourth-order valence-electron chi connectivity index (χ4n) is 4.32. The van der Waals surface area contributed by atoms with Crippen molar-refractivity contribution in [2.75, 3.05) is 0 Å². The van der Waals surface area contributed by atoms with Crippen molar-refractivity contribution in [2.24, 2.45) is 0 Å². The molecule has 0 fully saturated rings. The Morgan fingerprint density at radius 1 is 1.14 bits per heavy atom. The molecular formula is C27H19F2N5O2. The van der Waals surface area contributed by atoms with Gasteiger partial charge in [0.05, 0.1) is 22.8 Å². The maximum absolute atomic E-state index is 14.2. The van der Waals surface area contributed by atoms with Crippen LogP contribution in [0.2, 0.25) is 0 Å². The van der Waals surface area contributed by atoms with E-state index in [9.17, 15) is 18.4 Å². The van der Waals surface area contributed by atoms with E-state index in [1.54, 1.807) is 56.6 Å². The molecular weight excluding hydrogens is 464 g/mol. The summed E-state index contributed by atoms with van der Waals surface area (Å²) in [5, 5.41) is 8.02. The monoisotopic (exact) mass is 483 g/mol. The summed E-state index contributed by atoms with van der Waals surface area (Å²) in [5.74, 6) is -0.106. The number of nitrogens with one attached hydrogen (secondary N) is 1. The minimum absolute atomic E-state index is 0.0950. The summed E-state index contributed by atoms with van der Waals surface area (Å²) < 4.78 is 30.6. The predicted molar refractivity (Wildman–Crippen MR) is 131 cm³/mol. The summed E-state index contributed by atoms with van der Waals surface area (Å²) in [6.07, 6.45) is 8.86. The van der Waals surface area contributed by atoms with Crippen molar-refractivity contribution in [3.63, 3.8) is 0 Å². The van der Waals surface area contributed by atoms with Gasteiger partial charge in [0, 0.05) is 29.7 Å². The Labute approximate surface area is 204 Å². The number of carbonyl (C=O) groups is 1. The van der Waals surface area contributed by atoms with Gasteiger partial charge in [0.25, 0.3) is 11.5 Å². The van der Waals surface area contributed by atoms with Gasteiger partial charge in [0.2, 0.25) is 0 Å². The zero-order chi connectivity index (χ0) is 25.6. The lowest BCUT2D eigenvalue weighted by atomic mass is 10.0. The second kappa shape index (κ2) is 8.74. The molecule has 3 heterocycles. The van der Waals surface area contributed by atoms with E-state index in [0.717, 1.165) is 12.1 Å². The second-order valence-corrected chi connectivity index (χ2v) is 8.27. The predicted octanol–water partition coefficient (Wildman–Crippen LogP) is 4.09. The fraction of sp³-hybridized carbons (Fsp3) is 0.111. The van der Waals surface area contributed by atoms with Gasteiger partial charge in [-0.2, -0.15) is 5.10 Å². The number of rotatable bonds is 4. The highest BCUT2D eigenvalue weighted by Gasteiger charge is 2.23. The smallest absolute Gasteiger partial charge is 0.264 e. The van der Waals surface area contributed by atoms with Crippen LogP contribution in [0, 0.1) is 30.9 Å². The van der Waals surface area contributed by atoms with E-state index >= 15 is 0 Å². The van der Waals surface area contributed by atoms with Crippen molar-refractivity contribution < 1.29 is 13.6 Å². The Kier molecular flexibility index (Phi) is 5.57. The SMILES string of the molecule is C#Cc1cccc2cc(C(C)NC(=O)c3c(C)nn4cccnc34)n(-c3ccc(F)c(F)c3)c(=O)c12. The topological polar surface area (TPSA) is 81.3 Å².